The van der Waals surface area contributed by atoms with Gasteiger partial charge in [-0.3, -0.25) is 9.78 Å². The Hall–Kier alpha value is -2.02. The molecule has 0 radical (unpaired) electrons. The van der Waals surface area contributed by atoms with Gasteiger partial charge in [-0.1, -0.05) is 0 Å². The number of aromatic amines is 1. The molecule has 0 spiro atoms. The number of hydrogen-bond donors (Lipinski definition) is 1. The first kappa shape index (κ1) is 11.1. The number of fused-ring (bicyclic) bond motifs is 1. The average Bonchev–Trinajstić information content (AvgIpc) is 2.39. The van der Waals surface area contributed by atoms with E-state index in [4.69, 9.17) is 0 Å². The maximum Gasteiger partial charge on any atom is 0.280 e. The van der Waals surface area contributed by atoms with E-state index < -0.39 is 0 Å². The Morgan fingerprint density at radius 2 is 1.89 bits per heavy atom. The van der Waals surface area contributed by atoms with Gasteiger partial charge in [0.05, 0.1) is 0 Å². The Morgan fingerprint density at radius 3 is 2.67 bits per heavy atom. The molecule has 1 aliphatic rings. The highest BCUT2D eigenvalue weighted by molar-refractivity contribution is 5.69. The topological polar surface area (TPSA) is 78.0 Å². The van der Waals surface area contributed by atoms with Crippen LogP contribution in [-0.2, 0) is 0 Å². The molecule has 1 saturated heterocycles. The zero-order valence-corrected chi connectivity index (χ0v) is 10.1. The summed E-state index contributed by atoms with van der Waals surface area (Å²) in [6.45, 7) is 3.63. The summed E-state index contributed by atoms with van der Waals surface area (Å²) in [5.41, 5.74) is 0.451. The van der Waals surface area contributed by atoms with Gasteiger partial charge in [-0.25, -0.2) is 9.97 Å². The lowest BCUT2D eigenvalue weighted by Gasteiger charge is -2.32. The third-order valence-corrected chi connectivity index (χ3v) is 3.13. The van der Waals surface area contributed by atoms with Crippen molar-refractivity contribution in [3.05, 3.63) is 22.7 Å². The van der Waals surface area contributed by atoms with E-state index in [2.05, 4.69) is 36.8 Å². The summed E-state index contributed by atoms with van der Waals surface area (Å²) in [5, 5.41) is 0. The van der Waals surface area contributed by atoms with Gasteiger partial charge in [0.25, 0.3) is 5.56 Å². The zero-order chi connectivity index (χ0) is 12.5. The van der Waals surface area contributed by atoms with Crippen molar-refractivity contribution in [3.8, 4) is 0 Å². The molecule has 0 atom stereocenters. The zero-order valence-electron chi connectivity index (χ0n) is 10.1. The number of likely N-dealkylation sites (N-methyl/N-ethyl adjacent to an activating group) is 1. The molecule has 1 N–H and O–H groups in total. The Labute approximate surface area is 103 Å². The Morgan fingerprint density at radius 1 is 1.17 bits per heavy atom. The minimum absolute atomic E-state index is 0.234. The lowest BCUT2D eigenvalue weighted by molar-refractivity contribution is 0.311. The summed E-state index contributed by atoms with van der Waals surface area (Å²) < 4.78 is 0. The lowest BCUT2D eigenvalue weighted by atomic mass is 10.3. The van der Waals surface area contributed by atoms with Crippen LogP contribution in [0.3, 0.4) is 0 Å². The van der Waals surface area contributed by atoms with E-state index in [1.165, 1.54) is 6.20 Å². The number of nitrogens with zero attached hydrogens (tertiary/aromatic N) is 5. The number of rotatable bonds is 1. The molecule has 94 valence electrons. The summed E-state index contributed by atoms with van der Waals surface area (Å²) in [4.78, 5) is 31.4. The summed E-state index contributed by atoms with van der Waals surface area (Å²) in [5.74, 6) is 0.584. The van der Waals surface area contributed by atoms with Gasteiger partial charge in [0.15, 0.2) is 11.2 Å². The fourth-order valence-corrected chi connectivity index (χ4v) is 2.03. The van der Waals surface area contributed by atoms with Crippen LogP contribution >= 0.6 is 0 Å². The summed E-state index contributed by atoms with van der Waals surface area (Å²) in [6, 6.07) is 0. The predicted molar refractivity (Wildman–Crippen MR) is 67.7 cm³/mol. The van der Waals surface area contributed by atoms with Crippen molar-refractivity contribution < 1.29 is 0 Å². The first-order chi connectivity index (χ1) is 8.74. The van der Waals surface area contributed by atoms with Gasteiger partial charge in [0, 0.05) is 38.6 Å². The maximum absolute atomic E-state index is 11.9. The molecule has 0 unspecified atom stereocenters. The molecular weight excluding hydrogens is 232 g/mol. The molecule has 0 aromatic carbocycles. The fraction of sp³-hybridized carbons (Fsp3) is 0.455. The first-order valence-electron chi connectivity index (χ1n) is 5.88. The van der Waals surface area contributed by atoms with Crippen molar-refractivity contribution >= 4 is 17.1 Å². The van der Waals surface area contributed by atoms with Gasteiger partial charge in [-0.15, -0.1) is 0 Å². The average molecular weight is 246 g/mol. The highest BCUT2D eigenvalue weighted by Crippen LogP contribution is 2.10. The largest absolute Gasteiger partial charge is 0.340 e. The Balaban J connectivity index is 2.00. The minimum atomic E-state index is -0.234. The molecule has 1 aliphatic heterocycles. The number of piperazine rings is 1. The third kappa shape index (κ3) is 1.92. The molecule has 0 bridgehead atoms. The van der Waals surface area contributed by atoms with Crippen LogP contribution in [0.25, 0.3) is 11.2 Å². The number of hydrogen-bond acceptors (Lipinski definition) is 6. The first-order valence-corrected chi connectivity index (χ1v) is 5.88. The molecule has 7 nitrogen and oxygen atoms in total. The van der Waals surface area contributed by atoms with Crippen LogP contribution in [0, 0.1) is 0 Å². The van der Waals surface area contributed by atoms with E-state index in [0.29, 0.717) is 11.6 Å². The molecule has 0 amide bonds. The van der Waals surface area contributed by atoms with Crippen LogP contribution < -0.4 is 10.5 Å². The van der Waals surface area contributed by atoms with Crippen molar-refractivity contribution in [1.82, 2.24) is 24.8 Å². The number of anilines is 1. The molecule has 2 aromatic heterocycles. The fourth-order valence-electron chi connectivity index (χ4n) is 2.03. The van der Waals surface area contributed by atoms with E-state index in [1.807, 2.05) is 0 Å². The maximum atomic E-state index is 11.9. The number of H-pyrrole nitrogens is 1. The van der Waals surface area contributed by atoms with Gasteiger partial charge in [-0.2, -0.15) is 4.98 Å². The molecule has 1 fully saturated rings. The Kier molecular flexibility index (Phi) is 2.67. The smallest absolute Gasteiger partial charge is 0.280 e. The van der Waals surface area contributed by atoms with Crippen molar-refractivity contribution in [3.63, 3.8) is 0 Å². The molecular formula is C11H14N6O. The SMILES string of the molecule is CN1CCN(c2nc3nccnc3c(=O)[nH]2)CC1. The monoisotopic (exact) mass is 246 g/mol. The van der Waals surface area contributed by atoms with E-state index in [0.717, 1.165) is 26.2 Å². The highest BCUT2D eigenvalue weighted by atomic mass is 16.1. The van der Waals surface area contributed by atoms with Crippen LogP contribution in [0.5, 0.6) is 0 Å². The lowest BCUT2D eigenvalue weighted by Crippen LogP contribution is -2.45. The quantitative estimate of drug-likeness (QED) is 0.728. The number of aromatic nitrogens is 4. The molecule has 3 rings (SSSR count). The standard InChI is InChI=1S/C11H14N6O/c1-16-4-6-17(7-5-16)11-14-9-8(10(18)15-11)12-2-3-13-9/h2-3H,4-7H2,1H3,(H,13,14,15,18). The van der Waals surface area contributed by atoms with Crippen LogP contribution in [0.4, 0.5) is 5.95 Å². The van der Waals surface area contributed by atoms with E-state index in [9.17, 15) is 4.79 Å². The Bertz CT molecular complexity index is 616. The predicted octanol–water partition coefficient (Wildman–Crippen LogP) is -0.535. The van der Waals surface area contributed by atoms with Crippen LogP contribution in [0.1, 0.15) is 0 Å². The van der Waals surface area contributed by atoms with Gasteiger partial charge in [0.1, 0.15) is 0 Å². The second-order valence-corrected chi connectivity index (χ2v) is 4.41. The second-order valence-electron chi connectivity index (χ2n) is 4.41. The van der Waals surface area contributed by atoms with Crippen LogP contribution in [-0.4, -0.2) is 58.1 Å². The molecule has 0 saturated carbocycles. The van der Waals surface area contributed by atoms with Crippen molar-refractivity contribution in [2.24, 2.45) is 0 Å². The molecule has 3 heterocycles. The van der Waals surface area contributed by atoms with Crippen molar-refractivity contribution in [2.45, 2.75) is 0 Å². The van der Waals surface area contributed by atoms with Crippen LogP contribution in [0.2, 0.25) is 0 Å². The van der Waals surface area contributed by atoms with Crippen molar-refractivity contribution in [2.75, 3.05) is 38.1 Å². The normalized spacial score (nSPS) is 17.3. The van der Waals surface area contributed by atoms with E-state index >= 15 is 0 Å². The van der Waals surface area contributed by atoms with E-state index in [-0.39, 0.29) is 11.1 Å². The summed E-state index contributed by atoms with van der Waals surface area (Å²) in [6.07, 6.45) is 3.04. The summed E-state index contributed by atoms with van der Waals surface area (Å²) in [7, 11) is 2.08. The summed E-state index contributed by atoms with van der Waals surface area (Å²) >= 11 is 0. The van der Waals surface area contributed by atoms with Crippen molar-refractivity contribution in [1.29, 1.82) is 0 Å². The van der Waals surface area contributed by atoms with Gasteiger partial charge < -0.3 is 9.80 Å². The van der Waals surface area contributed by atoms with Gasteiger partial charge in [-0.05, 0) is 7.05 Å². The molecule has 7 heteroatoms. The van der Waals surface area contributed by atoms with Gasteiger partial charge in [0.2, 0.25) is 5.95 Å². The highest BCUT2D eigenvalue weighted by Gasteiger charge is 2.17. The minimum Gasteiger partial charge on any atom is -0.340 e. The number of nitrogens with one attached hydrogen (secondary N) is 1. The molecule has 2 aromatic rings. The second kappa shape index (κ2) is 4.34. The molecule has 18 heavy (non-hydrogen) atoms. The van der Waals surface area contributed by atoms with Crippen LogP contribution in [0.15, 0.2) is 17.2 Å². The molecule has 0 aliphatic carbocycles. The van der Waals surface area contributed by atoms with Gasteiger partial charge >= 0.3 is 0 Å². The van der Waals surface area contributed by atoms with E-state index in [1.54, 1.807) is 6.20 Å². The third-order valence-electron chi connectivity index (χ3n) is 3.13.